The van der Waals surface area contributed by atoms with Crippen LogP contribution in [0.2, 0.25) is 0 Å². The van der Waals surface area contributed by atoms with Crippen LogP contribution in [0.4, 0.5) is 4.79 Å². The zero-order chi connectivity index (χ0) is 13.6. The van der Waals surface area contributed by atoms with Gasteiger partial charge in [0, 0.05) is 5.92 Å². The Morgan fingerprint density at radius 3 is 2.17 bits per heavy atom. The van der Waals surface area contributed by atoms with Crippen LogP contribution in [0.25, 0.3) is 0 Å². The summed E-state index contributed by atoms with van der Waals surface area (Å²) in [5.41, 5.74) is -0.518. The third-order valence-electron chi connectivity index (χ3n) is 3.12. The van der Waals surface area contributed by atoms with Crippen LogP contribution in [0.3, 0.4) is 0 Å². The molecular weight excluding hydrogens is 230 g/mol. The fourth-order valence-corrected chi connectivity index (χ4v) is 2.22. The van der Waals surface area contributed by atoms with Gasteiger partial charge in [0.1, 0.15) is 5.60 Å². The van der Waals surface area contributed by atoms with E-state index in [9.17, 15) is 9.59 Å². The Bertz CT molecular complexity index is 286. The SMILES string of the molecule is CC(C)(C)OC(=O)NCC(=O)C1CCCCCC1. The first kappa shape index (κ1) is 15.0. The number of carbonyl (C=O) groups is 2. The lowest BCUT2D eigenvalue weighted by Crippen LogP contribution is -2.37. The average molecular weight is 255 g/mol. The van der Waals surface area contributed by atoms with E-state index in [1.54, 1.807) is 20.8 Å². The Balaban J connectivity index is 2.29. The van der Waals surface area contributed by atoms with Crippen molar-refractivity contribution in [3.8, 4) is 0 Å². The van der Waals surface area contributed by atoms with Crippen LogP contribution < -0.4 is 5.32 Å². The maximum absolute atomic E-state index is 12.0. The van der Waals surface area contributed by atoms with E-state index >= 15 is 0 Å². The summed E-state index contributed by atoms with van der Waals surface area (Å²) in [6.07, 6.45) is 6.13. The lowest BCUT2D eigenvalue weighted by atomic mass is 9.95. The van der Waals surface area contributed by atoms with Crippen LogP contribution in [0.1, 0.15) is 59.3 Å². The molecule has 1 fully saturated rings. The van der Waals surface area contributed by atoms with Gasteiger partial charge in [-0.15, -0.1) is 0 Å². The lowest BCUT2D eigenvalue weighted by Gasteiger charge is -2.20. The van der Waals surface area contributed by atoms with Crippen LogP contribution in [0.15, 0.2) is 0 Å². The molecule has 1 aliphatic rings. The monoisotopic (exact) mass is 255 g/mol. The molecule has 4 nitrogen and oxygen atoms in total. The van der Waals surface area contributed by atoms with Gasteiger partial charge in [0.05, 0.1) is 6.54 Å². The summed E-state index contributed by atoms with van der Waals surface area (Å²) in [6, 6.07) is 0. The topological polar surface area (TPSA) is 55.4 Å². The Kier molecular flexibility index (Phi) is 5.63. The molecule has 0 unspecified atom stereocenters. The van der Waals surface area contributed by atoms with Gasteiger partial charge in [0.25, 0.3) is 0 Å². The first-order valence-electron chi connectivity index (χ1n) is 6.88. The molecule has 0 aromatic rings. The minimum Gasteiger partial charge on any atom is -0.444 e. The van der Waals surface area contributed by atoms with E-state index in [0.29, 0.717) is 0 Å². The first-order chi connectivity index (χ1) is 8.38. The van der Waals surface area contributed by atoms with Crippen molar-refractivity contribution in [1.29, 1.82) is 0 Å². The number of alkyl carbamates (subject to hydrolysis) is 1. The number of nitrogens with one attached hydrogen (secondary N) is 1. The highest BCUT2D eigenvalue weighted by molar-refractivity contribution is 5.85. The second-order valence-electron chi connectivity index (χ2n) is 6.01. The summed E-state index contributed by atoms with van der Waals surface area (Å²) in [6.45, 7) is 5.51. The van der Waals surface area contributed by atoms with Crippen molar-refractivity contribution < 1.29 is 14.3 Å². The molecule has 0 bridgehead atoms. The van der Waals surface area contributed by atoms with E-state index in [1.807, 2.05) is 0 Å². The minimum absolute atomic E-state index is 0.0968. The molecule has 1 saturated carbocycles. The molecule has 0 radical (unpaired) electrons. The van der Waals surface area contributed by atoms with Crippen molar-refractivity contribution in [3.05, 3.63) is 0 Å². The van der Waals surface area contributed by atoms with Crippen molar-refractivity contribution in [2.45, 2.75) is 64.9 Å². The highest BCUT2D eigenvalue weighted by Crippen LogP contribution is 2.23. The number of Topliss-reactive ketones (excluding diaryl/α,β-unsaturated/α-hetero) is 1. The van der Waals surface area contributed by atoms with E-state index < -0.39 is 11.7 Å². The normalized spacial score (nSPS) is 17.9. The van der Waals surface area contributed by atoms with Crippen LogP contribution in [-0.2, 0) is 9.53 Å². The summed E-state index contributed by atoms with van der Waals surface area (Å²) in [5.74, 6) is 0.269. The average Bonchev–Trinajstić information content (AvgIpc) is 2.52. The van der Waals surface area contributed by atoms with Gasteiger partial charge in [-0.2, -0.15) is 0 Å². The molecule has 0 spiro atoms. The molecule has 0 atom stereocenters. The molecule has 1 aliphatic carbocycles. The smallest absolute Gasteiger partial charge is 0.408 e. The predicted octanol–water partition coefficient (Wildman–Crippen LogP) is 3.05. The van der Waals surface area contributed by atoms with Gasteiger partial charge in [-0.05, 0) is 33.6 Å². The van der Waals surface area contributed by atoms with Crippen LogP contribution in [0, 0.1) is 5.92 Å². The summed E-state index contributed by atoms with van der Waals surface area (Å²) < 4.78 is 5.10. The number of amides is 1. The van der Waals surface area contributed by atoms with E-state index in [-0.39, 0.29) is 18.2 Å². The van der Waals surface area contributed by atoms with Crippen molar-refractivity contribution in [2.24, 2.45) is 5.92 Å². The van der Waals surface area contributed by atoms with E-state index in [2.05, 4.69) is 5.32 Å². The molecule has 1 amide bonds. The Morgan fingerprint density at radius 2 is 1.67 bits per heavy atom. The van der Waals surface area contributed by atoms with Gasteiger partial charge in [0.2, 0.25) is 0 Å². The van der Waals surface area contributed by atoms with Crippen molar-refractivity contribution in [1.82, 2.24) is 5.32 Å². The maximum atomic E-state index is 12.0. The van der Waals surface area contributed by atoms with Crippen molar-refractivity contribution >= 4 is 11.9 Å². The maximum Gasteiger partial charge on any atom is 0.408 e. The second-order valence-corrected chi connectivity index (χ2v) is 6.01. The highest BCUT2D eigenvalue weighted by Gasteiger charge is 2.21. The lowest BCUT2D eigenvalue weighted by molar-refractivity contribution is -0.122. The Morgan fingerprint density at radius 1 is 1.11 bits per heavy atom. The van der Waals surface area contributed by atoms with Crippen LogP contribution in [0.5, 0.6) is 0 Å². The zero-order valence-corrected chi connectivity index (χ0v) is 11.8. The molecule has 104 valence electrons. The second kappa shape index (κ2) is 6.76. The molecule has 0 heterocycles. The molecule has 18 heavy (non-hydrogen) atoms. The zero-order valence-electron chi connectivity index (χ0n) is 11.8. The number of hydrogen-bond donors (Lipinski definition) is 1. The van der Waals surface area contributed by atoms with Gasteiger partial charge in [-0.3, -0.25) is 4.79 Å². The Hall–Kier alpha value is -1.06. The predicted molar refractivity (Wildman–Crippen MR) is 70.4 cm³/mol. The Labute approximate surface area is 109 Å². The summed E-state index contributed by atoms with van der Waals surface area (Å²) >= 11 is 0. The van der Waals surface area contributed by atoms with E-state index in [1.165, 1.54) is 12.8 Å². The largest absolute Gasteiger partial charge is 0.444 e. The summed E-state index contributed by atoms with van der Waals surface area (Å²) in [7, 11) is 0. The fraction of sp³-hybridized carbons (Fsp3) is 0.857. The molecule has 4 heteroatoms. The number of hydrogen-bond acceptors (Lipinski definition) is 3. The van der Waals surface area contributed by atoms with Gasteiger partial charge >= 0.3 is 6.09 Å². The third kappa shape index (κ3) is 6.03. The van der Waals surface area contributed by atoms with Crippen molar-refractivity contribution in [2.75, 3.05) is 6.54 Å². The summed E-state index contributed by atoms with van der Waals surface area (Å²) in [5, 5.41) is 2.55. The quantitative estimate of drug-likeness (QED) is 0.789. The molecular formula is C14H25NO3. The highest BCUT2D eigenvalue weighted by atomic mass is 16.6. The third-order valence-corrected chi connectivity index (χ3v) is 3.12. The molecule has 0 saturated heterocycles. The molecule has 0 aliphatic heterocycles. The molecule has 0 aromatic heterocycles. The van der Waals surface area contributed by atoms with E-state index in [0.717, 1.165) is 25.7 Å². The summed E-state index contributed by atoms with van der Waals surface area (Å²) in [4.78, 5) is 23.4. The number of ether oxygens (including phenoxy) is 1. The number of carbonyl (C=O) groups excluding carboxylic acids is 2. The fourth-order valence-electron chi connectivity index (χ4n) is 2.22. The standard InChI is InChI=1S/C14H25NO3/c1-14(2,3)18-13(17)15-10-12(16)11-8-6-4-5-7-9-11/h11H,4-10H2,1-3H3,(H,15,17). The van der Waals surface area contributed by atoms with E-state index in [4.69, 9.17) is 4.74 Å². The first-order valence-corrected chi connectivity index (χ1v) is 6.88. The minimum atomic E-state index is -0.518. The van der Waals surface area contributed by atoms with Gasteiger partial charge in [-0.25, -0.2) is 4.79 Å². The van der Waals surface area contributed by atoms with Crippen LogP contribution >= 0.6 is 0 Å². The van der Waals surface area contributed by atoms with Gasteiger partial charge in [-0.1, -0.05) is 25.7 Å². The number of rotatable bonds is 3. The molecule has 0 aromatic carbocycles. The molecule has 1 N–H and O–H groups in total. The van der Waals surface area contributed by atoms with Gasteiger partial charge < -0.3 is 10.1 Å². The molecule has 1 rings (SSSR count). The van der Waals surface area contributed by atoms with Crippen LogP contribution in [-0.4, -0.2) is 24.0 Å². The van der Waals surface area contributed by atoms with Crippen molar-refractivity contribution in [3.63, 3.8) is 0 Å². The van der Waals surface area contributed by atoms with Gasteiger partial charge in [0.15, 0.2) is 5.78 Å². The number of ketones is 1.